The fraction of sp³-hybridized carbons (Fsp3) is 0.533. The first-order chi connectivity index (χ1) is 9.40. The van der Waals surface area contributed by atoms with Gasteiger partial charge in [0.15, 0.2) is 0 Å². The van der Waals surface area contributed by atoms with Crippen molar-refractivity contribution < 1.29 is 4.79 Å². The largest absolute Gasteiger partial charge is 0.325 e. The van der Waals surface area contributed by atoms with Crippen LogP contribution in [0.25, 0.3) is 0 Å². The molecule has 0 spiro atoms. The van der Waals surface area contributed by atoms with Gasteiger partial charge in [0.05, 0.1) is 0 Å². The third-order valence-electron chi connectivity index (χ3n) is 3.62. The number of halogens is 1. The molecule has 0 N–H and O–H groups in total. The smallest absolute Gasteiger partial charge is 0.316 e. The van der Waals surface area contributed by atoms with Crippen LogP contribution in [0.4, 0.5) is 10.5 Å². The molecule has 2 amide bonds. The predicted molar refractivity (Wildman–Crippen MR) is 83.5 cm³/mol. The Balaban J connectivity index is 2.16. The molecule has 0 aliphatic carbocycles. The summed E-state index contributed by atoms with van der Waals surface area (Å²) < 4.78 is 0. The number of likely N-dealkylation sites (N-methyl/N-ethyl adjacent to an activating group) is 1. The van der Waals surface area contributed by atoms with Gasteiger partial charge in [-0.05, 0) is 52.2 Å². The molecule has 4 nitrogen and oxygen atoms in total. The van der Waals surface area contributed by atoms with Crippen molar-refractivity contribution in [3.05, 3.63) is 29.3 Å². The molecule has 0 bridgehead atoms. The van der Waals surface area contributed by atoms with Crippen molar-refractivity contribution in [2.24, 2.45) is 0 Å². The fourth-order valence-corrected chi connectivity index (χ4v) is 2.96. The van der Waals surface area contributed by atoms with E-state index < -0.39 is 0 Å². The van der Waals surface area contributed by atoms with Gasteiger partial charge in [0.1, 0.15) is 0 Å². The van der Waals surface area contributed by atoms with Crippen molar-refractivity contribution in [3.8, 4) is 0 Å². The molecule has 0 aromatic heterocycles. The monoisotopic (exact) mass is 295 g/mol. The molecule has 1 aromatic rings. The molecule has 0 radical (unpaired) electrons. The second kappa shape index (κ2) is 6.02. The molecule has 1 heterocycles. The van der Waals surface area contributed by atoms with Crippen LogP contribution in [0.2, 0.25) is 5.02 Å². The number of benzene rings is 1. The highest BCUT2D eigenvalue weighted by molar-refractivity contribution is 6.30. The minimum atomic E-state index is 0.0779. The summed E-state index contributed by atoms with van der Waals surface area (Å²) in [6.07, 6.45) is 0. The SMILES string of the molecule is CC(CN(C)C)N1C(=O)N(c2ccc(Cl)cc2)CC1C. The van der Waals surface area contributed by atoms with E-state index in [0.29, 0.717) is 5.02 Å². The lowest BCUT2D eigenvalue weighted by molar-refractivity contribution is 0.170. The molecule has 1 aliphatic rings. The average molecular weight is 296 g/mol. The van der Waals surface area contributed by atoms with E-state index in [1.54, 1.807) is 0 Å². The minimum absolute atomic E-state index is 0.0779. The Bertz CT molecular complexity index is 475. The summed E-state index contributed by atoms with van der Waals surface area (Å²) in [7, 11) is 4.05. The average Bonchev–Trinajstić information content (AvgIpc) is 2.65. The maximum Gasteiger partial charge on any atom is 0.325 e. The first-order valence-electron chi connectivity index (χ1n) is 6.90. The summed E-state index contributed by atoms with van der Waals surface area (Å²) in [4.78, 5) is 18.5. The zero-order valence-corrected chi connectivity index (χ0v) is 13.3. The van der Waals surface area contributed by atoms with Crippen LogP contribution in [0.3, 0.4) is 0 Å². The summed E-state index contributed by atoms with van der Waals surface area (Å²) in [5.41, 5.74) is 0.908. The van der Waals surface area contributed by atoms with Crippen LogP contribution in [0.1, 0.15) is 13.8 Å². The van der Waals surface area contributed by atoms with Gasteiger partial charge in [-0.25, -0.2) is 4.79 Å². The van der Waals surface area contributed by atoms with Crippen LogP contribution in [0.15, 0.2) is 24.3 Å². The first-order valence-corrected chi connectivity index (χ1v) is 7.28. The van der Waals surface area contributed by atoms with Crippen LogP contribution < -0.4 is 4.90 Å². The quantitative estimate of drug-likeness (QED) is 0.854. The van der Waals surface area contributed by atoms with Crippen molar-refractivity contribution in [2.45, 2.75) is 25.9 Å². The van der Waals surface area contributed by atoms with Crippen molar-refractivity contribution in [3.63, 3.8) is 0 Å². The van der Waals surface area contributed by atoms with Gasteiger partial charge in [0.2, 0.25) is 0 Å². The highest BCUT2D eigenvalue weighted by Gasteiger charge is 2.38. The number of carbonyl (C=O) groups excluding carboxylic acids is 1. The standard InChI is InChI=1S/C15H22ClN3O/c1-11(9-17(3)4)19-12(2)10-18(15(19)20)14-7-5-13(16)6-8-14/h5-8,11-12H,9-10H2,1-4H3. The Morgan fingerprint density at radius 3 is 2.50 bits per heavy atom. The Morgan fingerprint density at radius 1 is 1.35 bits per heavy atom. The van der Waals surface area contributed by atoms with Crippen molar-refractivity contribution >= 4 is 23.3 Å². The topological polar surface area (TPSA) is 26.8 Å². The number of urea groups is 1. The summed E-state index contributed by atoms with van der Waals surface area (Å²) in [5, 5.41) is 0.686. The van der Waals surface area contributed by atoms with Gasteiger partial charge in [-0.3, -0.25) is 4.90 Å². The molecule has 1 aliphatic heterocycles. The lowest BCUT2D eigenvalue weighted by Crippen LogP contribution is -2.45. The fourth-order valence-electron chi connectivity index (χ4n) is 2.83. The van der Waals surface area contributed by atoms with Crippen LogP contribution in [0.5, 0.6) is 0 Å². The number of rotatable bonds is 4. The van der Waals surface area contributed by atoms with Gasteiger partial charge in [-0.1, -0.05) is 11.6 Å². The lowest BCUT2D eigenvalue weighted by Gasteiger charge is -2.30. The van der Waals surface area contributed by atoms with Crippen LogP contribution in [0, 0.1) is 0 Å². The highest BCUT2D eigenvalue weighted by atomic mass is 35.5. The van der Waals surface area contributed by atoms with Crippen LogP contribution in [-0.4, -0.2) is 55.1 Å². The van der Waals surface area contributed by atoms with Gasteiger partial charge in [-0.2, -0.15) is 0 Å². The van der Waals surface area contributed by atoms with Crippen molar-refractivity contribution in [2.75, 3.05) is 32.1 Å². The number of nitrogens with zero attached hydrogens (tertiary/aromatic N) is 3. The summed E-state index contributed by atoms with van der Waals surface area (Å²) in [6.45, 7) is 5.78. The predicted octanol–water partition coefficient (Wildman–Crippen LogP) is 2.92. The zero-order chi connectivity index (χ0) is 14.9. The van der Waals surface area contributed by atoms with E-state index in [-0.39, 0.29) is 18.1 Å². The molecule has 5 heteroatoms. The van der Waals surface area contributed by atoms with Gasteiger partial charge >= 0.3 is 6.03 Å². The van der Waals surface area contributed by atoms with Gasteiger partial charge < -0.3 is 9.80 Å². The Labute approximate surface area is 125 Å². The number of anilines is 1. The Morgan fingerprint density at radius 2 is 1.95 bits per heavy atom. The lowest BCUT2D eigenvalue weighted by atomic mass is 10.2. The molecule has 0 saturated carbocycles. The van der Waals surface area contributed by atoms with E-state index in [4.69, 9.17) is 11.6 Å². The van der Waals surface area contributed by atoms with E-state index in [1.807, 2.05) is 48.2 Å². The highest BCUT2D eigenvalue weighted by Crippen LogP contribution is 2.26. The van der Waals surface area contributed by atoms with Crippen molar-refractivity contribution in [1.29, 1.82) is 0 Å². The van der Waals surface area contributed by atoms with E-state index in [0.717, 1.165) is 18.8 Å². The molecule has 20 heavy (non-hydrogen) atoms. The second-order valence-electron chi connectivity index (χ2n) is 5.74. The maximum absolute atomic E-state index is 12.6. The van der Waals surface area contributed by atoms with Gasteiger partial charge in [-0.15, -0.1) is 0 Å². The summed E-state index contributed by atoms with van der Waals surface area (Å²) in [6, 6.07) is 7.92. The normalized spacial score (nSPS) is 20.9. The van der Waals surface area contributed by atoms with E-state index >= 15 is 0 Å². The van der Waals surface area contributed by atoms with Crippen molar-refractivity contribution in [1.82, 2.24) is 9.80 Å². The molecular weight excluding hydrogens is 274 g/mol. The van der Waals surface area contributed by atoms with E-state index in [2.05, 4.69) is 18.7 Å². The maximum atomic E-state index is 12.6. The van der Waals surface area contributed by atoms with Gasteiger partial charge in [0, 0.05) is 35.9 Å². The van der Waals surface area contributed by atoms with Gasteiger partial charge in [0.25, 0.3) is 0 Å². The van der Waals surface area contributed by atoms with Crippen LogP contribution >= 0.6 is 11.6 Å². The van der Waals surface area contributed by atoms with E-state index in [1.165, 1.54) is 0 Å². The molecule has 1 aromatic carbocycles. The second-order valence-corrected chi connectivity index (χ2v) is 6.17. The molecule has 1 fully saturated rings. The Kier molecular flexibility index (Phi) is 4.55. The molecule has 2 rings (SSSR count). The number of hydrogen-bond donors (Lipinski definition) is 0. The third-order valence-corrected chi connectivity index (χ3v) is 3.87. The number of carbonyl (C=O) groups is 1. The zero-order valence-electron chi connectivity index (χ0n) is 12.5. The minimum Gasteiger partial charge on any atom is -0.316 e. The number of amides is 2. The molecule has 110 valence electrons. The molecule has 2 atom stereocenters. The number of hydrogen-bond acceptors (Lipinski definition) is 2. The molecular formula is C15H22ClN3O. The summed E-state index contributed by atoms with van der Waals surface area (Å²) in [5.74, 6) is 0. The van der Waals surface area contributed by atoms with Crippen LogP contribution in [-0.2, 0) is 0 Å². The molecule has 1 saturated heterocycles. The van der Waals surface area contributed by atoms with E-state index in [9.17, 15) is 4.79 Å². The summed E-state index contributed by atoms with van der Waals surface area (Å²) >= 11 is 5.90. The first kappa shape index (κ1) is 15.1. The Hall–Kier alpha value is -1.26. The third kappa shape index (κ3) is 3.07. The molecule has 2 unspecified atom stereocenters.